The molecule has 0 aliphatic carbocycles. The number of rotatable bonds is 5. The van der Waals surface area contributed by atoms with Crippen molar-refractivity contribution in [3.63, 3.8) is 0 Å². The maximum atomic E-state index is 11.0. The zero-order chi connectivity index (χ0) is 13.7. The number of hydrogen-bond acceptors (Lipinski definition) is 5. The van der Waals surface area contributed by atoms with Crippen molar-refractivity contribution < 1.29 is 19.8 Å². The predicted octanol–water partition coefficient (Wildman–Crippen LogP) is 0.460. The van der Waals surface area contributed by atoms with Crippen LogP contribution in [-0.4, -0.2) is 33.1 Å². The number of aliphatic hydroxyl groups is 2. The third-order valence-corrected chi connectivity index (χ3v) is 3.25. The summed E-state index contributed by atoms with van der Waals surface area (Å²) in [5.74, 6) is -0.506. The van der Waals surface area contributed by atoms with E-state index in [1.54, 1.807) is 12.1 Å². The lowest BCUT2D eigenvalue weighted by Crippen LogP contribution is -2.22. The summed E-state index contributed by atoms with van der Waals surface area (Å²) in [6.07, 6.45) is -2.24. The first-order valence-corrected chi connectivity index (χ1v) is 6.29. The molecule has 0 saturated heterocycles. The predicted molar refractivity (Wildman–Crippen MR) is 69.1 cm³/mol. The van der Waals surface area contributed by atoms with Crippen LogP contribution in [0, 0.1) is 0 Å². The first-order valence-electron chi connectivity index (χ1n) is 5.31. The van der Waals surface area contributed by atoms with E-state index in [-0.39, 0.29) is 16.4 Å². The molecule has 0 spiro atoms. The third-order valence-electron chi connectivity index (χ3n) is 2.33. The summed E-state index contributed by atoms with van der Waals surface area (Å²) in [7, 11) is 0. The van der Waals surface area contributed by atoms with Gasteiger partial charge in [0.25, 0.3) is 0 Å². The molecule has 0 radical (unpaired) electrons. The van der Waals surface area contributed by atoms with Gasteiger partial charge in [-0.3, -0.25) is 9.59 Å². The highest BCUT2D eigenvalue weighted by Gasteiger charge is 2.19. The van der Waals surface area contributed by atoms with Crippen LogP contribution in [0.3, 0.4) is 0 Å². The summed E-state index contributed by atoms with van der Waals surface area (Å²) < 4.78 is 0. The lowest BCUT2D eigenvalue weighted by atomic mass is 10.0. The van der Waals surface area contributed by atoms with Gasteiger partial charge in [-0.2, -0.15) is 0 Å². The molecule has 1 aromatic carbocycles. The summed E-state index contributed by atoms with van der Waals surface area (Å²) in [6, 6.07) is 6.10. The molecule has 0 fully saturated rings. The summed E-state index contributed by atoms with van der Waals surface area (Å²) >= 11 is 0.932. The fraction of sp³-hybridized carbons (Fsp3) is 0.333. The van der Waals surface area contributed by atoms with Gasteiger partial charge in [0.1, 0.15) is 6.10 Å². The summed E-state index contributed by atoms with van der Waals surface area (Å²) in [4.78, 5) is 21.7. The van der Waals surface area contributed by atoms with Crippen LogP contribution >= 0.6 is 11.8 Å². The Balaban J connectivity index is 2.76. The van der Waals surface area contributed by atoms with E-state index < -0.39 is 18.1 Å². The van der Waals surface area contributed by atoms with Gasteiger partial charge in [0, 0.05) is 18.2 Å². The minimum absolute atomic E-state index is 0.0945. The molecule has 5 nitrogen and oxygen atoms in total. The normalized spacial score (nSPS) is 13.9. The minimum atomic E-state index is -1.16. The van der Waals surface area contributed by atoms with Crippen molar-refractivity contribution in [2.75, 3.05) is 5.75 Å². The largest absolute Gasteiger partial charge is 0.389 e. The molecule has 18 heavy (non-hydrogen) atoms. The molecule has 1 rings (SSSR count). The Kier molecular flexibility index (Phi) is 5.33. The van der Waals surface area contributed by atoms with E-state index in [1.807, 2.05) is 0 Å². The van der Waals surface area contributed by atoms with Crippen molar-refractivity contribution in [1.29, 1.82) is 0 Å². The third kappa shape index (κ3) is 4.14. The second-order valence-corrected chi connectivity index (χ2v) is 5.00. The molecule has 1 aromatic rings. The minimum Gasteiger partial charge on any atom is -0.389 e. The highest BCUT2D eigenvalue weighted by atomic mass is 32.2. The SMILES string of the molecule is CC(=O)SCC(O)C(O)c1cccc(C(N)=O)c1. The lowest BCUT2D eigenvalue weighted by molar-refractivity contribution is -0.109. The van der Waals surface area contributed by atoms with Gasteiger partial charge in [-0.25, -0.2) is 0 Å². The maximum absolute atomic E-state index is 11.0. The Hall–Kier alpha value is -1.37. The monoisotopic (exact) mass is 269 g/mol. The molecule has 6 heteroatoms. The van der Waals surface area contributed by atoms with Gasteiger partial charge in [0.15, 0.2) is 5.12 Å². The van der Waals surface area contributed by atoms with Crippen molar-refractivity contribution in [3.8, 4) is 0 Å². The lowest BCUT2D eigenvalue weighted by Gasteiger charge is -2.17. The van der Waals surface area contributed by atoms with Crippen molar-refractivity contribution in [3.05, 3.63) is 35.4 Å². The fourth-order valence-corrected chi connectivity index (χ4v) is 1.98. The molecular formula is C12H15NO4S. The summed E-state index contributed by atoms with van der Waals surface area (Å²) in [6.45, 7) is 1.39. The number of aliphatic hydroxyl groups excluding tert-OH is 2. The van der Waals surface area contributed by atoms with E-state index in [0.717, 1.165) is 11.8 Å². The zero-order valence-corrected chi connectivity index (χ0v) is 10.7. The van der Waals surface area contributed by atoms with Crippen LogP contribution in [0.5, 0.6) is 0 Å². The number of benzene rings is 1. The molecule has 0 aromatic heterocycles. The fourth-order valence-electron chi connectivity index (χ4n) is 1.39. The van der Waals surface area contributed by atoms with Crippen molar-refractivity contribution in [1.82, 2.24) is 0 Å². The average molecular weight is 269 g/mol. The van der Waals surface area contributed by atoms with E-state index in [4.69, 9.17) is 5.73 Å². The van der Waals surface area contributed by atoms with Gasteiger partial charge < -0.3 is 15.9 Å². The molecule has 4 N–H and O–H groups in total. The maximum Gasteiger partial charge on any atom is 0.248 e. The molecular weight excluding hydrogens is 254 g/mol. The van der Waals surface area contributed by atoms with Crippen molar-refractivity contribution >= 4 is 22.8 Å². The Morgan fingerprint density at radius 3 is 2.61 bits per heavy atom. The van der Waals surface area contributed by atoms with Crippen LogP contribution in [0.2, 0.25) is 0 Å². The van der Waals surface area contributed by atoms with Crippen LogP contribution < -0.4 is 5.73 Å². The van der Waals surface area contributed by atoms with Gasteiger partial charge in [-0.05, 0) is 17.7 Å². The van der Waals surface area contributed by atoms with Gasteiger partial charge >= 0.3 is 0 Å². The van der Waals surface area contributed by atoms with E-state index in [1.165, 1.54) is 19.1 Å². The second kappa shape index (κ2) is 6.53. The number of carbonyl (C=O) groups is 2. The highest BCUT2D eigenvalue weighted by molar-refractivity contribution is 8.13. The Morgan fingerprint density at radius 2 is 2.06 bits per heavy atom. The molecule has 0 aliphatic heterocycles. The van der Waals surface area contributed by atoms with E-state index in [9.17, 15) is 19.8 Å². The number of nitrogens with two attached hydrogens (primary N) is 1. The topological polar surface area (TPSA) is 101 Å². The molecule has 0 aliphatic rings. The smallest absolute Gasteiger partial charge is 0.248 e. The molecule has 0 heterocycles. The number of amides is 1. The Morgan fingerprint density at radius 1 is 1.39 bits per heavy atom. The van der Waals surface area contributed by atoms with Crippen molar-refractivity contribution in [2.45, 2.75) is 19.1 Å². The standard InChI is InChI=1S/C12H15NO4S/c1-7(14)18-6-10(15)11(16)8-3-2-4-9(5-8)12(13)17/h2-5,10-11,15-16H,6H2,1H3,(H2,13,17). The van der Waals surface area contributed by atoms with E-state index >= 15 is 0 Å². The molecule has 2 atom stereocenters. The van der Waals surface area contributed by atoms with E-state index in [2.05, 4.69) is 0 Å². The van der Waals surface area contributed by atoms with E-state index in [0.29, 0.717) is 5.56 Å². The second-order valence-electron chi connectivity index (χ2n) is 3.80. The first kappa shape index (κ1) is 14.7. The molecule has 0 saturated carbocycles. The Bertz CT molecular complexity index is 449. The highest BCUT2D eigenvalue weighted by Crippen LogP contribution is 2.21. The Labute approximate surface area is 109 Å². The van der Waals surface area contributed by atoms with Gasteiger partial charge in [-0.15, -0.1) is 0 Å². The number of thioether (sulfide) groups is 1. The number of carbonyl (C=O) groups excluding carboxylic acids is 2. The van der Waals surface area contributed by atoms with Crippen LogP contribution in [0.25, 0.3) is 0 Å². The molecule has 98 valence electrons. The van der Waals surface area contributed by atoms with Crippen LogP contribution in [0.4, 0.5) is 0 Å². The van der Waals surface area contributed by atoms with Crippen LogP contribution in [0.15, 0.2) is 24.3 Å². The average Bonchev–Trinajstić information content (AvgIpc) is 2.35. The van der Waals surface area contributed by atoms with Crippen LogP contribution in [-0.2, 0) is 4.79 Å². The molecule has 0 bridgehead atoms. The van der Waals surface area contributed by atoms with Gasteiger partial charge in [0.05, 0.1) is 6.10 Å². The number of primary amides is 1. The summed E-state index contributed by atoms with van der Waals surface area (Å²) in [5.41, 5.74) is 5.78. The first-order chi connectivity index (χ1) is 8.41. The number of hydrogen-bond donors (Lipinski definition) is 3. The zero-order valence-electron chi connectivity index (χ0n) is 9.87. The molecule has 1 amide bonds. The molecule has 2 unspecified atom stereocenters. The van der Waals surface area contributed by atoms with Crippen molar-refractivity contribution in [2.24, 2.45) is 5.73 Å². The van der Waals surface area contributed by atoms with Crippen LogP contribution in [0.1, 0.15) is 28.9 Å². The summed E-state index contributed by atoms with van der Waals surface area (Å²) in [5, 5.41) is 19.5. The van der Waals surface area contributed by atoms with Gasteiger partial charge in [0.2, 0.25) is 5.91 Å². The quantitative estimate of drug-likeness (QED) is 0.721. The van der Waals surface area contributed by atoms with Gasteiger partial charge in [-0.1, -0.05) is 23.9 Å².